The van der Waals surface area contributed by atoms with Crippen molar-refractivity contribution in [1.82, 2.24) is 5.48 Å². The average molecular weight is 377 g/mol. The Bertz CT molecular complexity index is 889. The molecular weight excluding hydrogens is 363 g/mol. The van der Waals surface area contributed by atoms with Crippen molar-refractivity contribution >= 4 is 11.4 Å². The molecule has 140 valence electrons. The van der Waals surface area contributed by atoms with Gasteiger partial charge in [0.25, 0.3) is 0 Å². The van der Waals surface area contributed by atoms with Crippen LogP contribution in [0, 0.1) is 11.3 Å². The SMILES string of the molecule is C=C(NOc1cccc(OC(F)(F)F)c1)c1ccccc1C(C#N)=NOC. The minimum absolute atomic E-state index is 0.0247. The lowest BCUT2D eigenvalue weighted by Crippen LogP contribution is -2.19. The van der Waals surface area contributed by atoms with Gasteiger partial charge in [-0.15, -0.1) is 13.2 Å². The number of oxime groups is 1. The first kappa shape index (κ1) is 19.7. The molecule has 2 aromatic rings. The molecule has 0 aliphatic heterocycles. The molecule has 0 aromatic heterocycles. The molecule has 0 aliphatic carbocycles. The fourth-order valence-corrected chi connectivity index (χ4v) is 2.08. The first-order valence-corrected chi connectivity index (χ1v) is 7.42. The van der Waals surface area contributed by atoms with E-state index in [2.05, 4.69) is 26.8 Å². The first-order chi connectivity index (χ1) is 12.8. The quantitative estimate of drug-likeness (QED) is 0.583. The molecule has 0 saturated heterocycles. The number of halogens is 3. The molecule has 0 amide bonds. The highest BCUT2D eigenvalue weighted by Crippen LogP contribution is 2.26. The molecule has 0 unspecified atom stereocenters. The lowest BCUT2D eigenvalue weighted by Gasteiger charge is -2.14. The first-order valence-electron chi connectivity index (χ1n) is 7.42. The van der Waals surface area contributed by atoms with E-state index in [-0.39, 0.29) is 17.2 Å². The van der Waals surface area contributed by atoms with E-state index in [1.54, 1.807) is 24.3 Å². The molecule has 2 rings (SSSR count). The summed E-state index contributed by atoms with van der Waals surface area (Å²) in [5.41, 5.74) is 3.75. The van der Waals surface area contributed by atoms with E-state index in [1.165, 1.54) is 19.2 Å². The van der Waals surface area contributed by atoms with Gasteiger partial charge in [0.05, 0.1) is 5.70 Å². The van der Waals surface area contributed by atoms with Crippen molar-refractivity contribution in [2.75, 3.05) is 7.11 Å². The highest BCUT2D eigenvalue weighted by atomic mass is 19.4. The van der Waals surface area contributed by atoms with Crippen LogP contribution in [-0.2, 0) is 4.84 Å². The van der Waals surface area contributed by atoms with E-state index in [4.69, 9.17) is 4.84 Å². The topological polar surface area (TPSA) is 75.9 Å². The molecule has 0 saturated carbocycles. The molecule has 27 heavy (non-hydrogen) atoms. The second kappa shape index (κ2) is 8.62. The Balaban J connectivity index is 2.15. The van der Waals surface area contributed by atoms with Gasteiger partial charge < -0.3 is 14.4 Å². The van der Waals surface area contributed by atoms with Crippen molar-refractivity contribution < 1.29 is 27.6 Å². The van der Waals surface area contributed by atoms with Gasteiger partial charge in [0.1, 0.15) is 18.9 Å². The highest BCUT2D eigenvalue weighted by Gasteiger charge is 2.31. The van der Waals surface area contributed by atoms with Gasteiger partial charge in [-0.2, -0.15) is 5.26 Å². The second-order valence-corrected chi connectivity index (χ2v) is 4.99. The summed E-state index contributed by atoms with van der Waals surface area (Å²) in [7, 11) is 1.31. The van der Waals surface area contributed by atoms with Gasteiger partial charge in [0.2, 0.25) is 0 Å². The molecule has 2 aromatic carbocycles. The van der Waals surface area contributed by atoms with Gasteiger partial charge in [-0.3, -0.25) is 0 Å². The Morgan fingerprint density at radius 1 is 1.11 bits per heavy atom. The minimum Gasteiger partial charge on any atom is -0.406 e. The standard InChI is InChI=1S/C18H14F3N3O3/c1-12(15-8-3-4-9-16(15)17(11-22)24-25-2)23-27-14-7-5-6-13(10-14)26-18(19,20)21/h3-10,23H,1H2,2H3. The highest BCUT2D eigenvalue weighted by molar-refractivity contribution is 6.13. The number of benzene rings is 2. The smallest absolute Gasteiger partial charge is 0.406 e. The molecule has 1 N–H and O–H groups in total. The Morgan fingerprint density at radius 3 is 2.41 bits per heavy atom. The number of nitriles is 1. The fourth-order valence-electron chi connectivity index (χ4n) is 2.08. The monoisotopic (exact) mass is 377 g/mol. The Kier molecular flexibility index (Phi) is 6.27. The van der Waals surface area contributed by atoms with Gasteiger partial charge in [-0.25, -0.2) is 5.48 Å². The third-order valence-electron chi connectivity index (χ3n) is 3.13. The predicted octanol–water partition coefficient (Wildman–Crippen LogP) is 4.01. The largest absolute Gasteiger partial charge is 0.573 e. The van der Waals surface area contributed by atoms with Crippen molar-refractivity contribution in [1.29, 1.82) is 5.26 Å². The molecular formula is C18H14F3N3O3. The zero-order chi connectivity index (χ0) is 19.9. The van der Waals surface area contributed by atoms with Crippen LogP contribution in [-0.4, -0.2) is 19.2 Å². The van der Waals surface area contributed by atoms with Crippen LogP contribution in [0.15, 0.2) is 60.3 Å². The lowest BCUT2D eigenvalue weighted by molar-refractivity contribution is -0.274. The van der Waals surface area contributed by atoms with Crippen LogP contribution < -0.4 is 15.1 Å². The zero-order valence-electron chi connectivity index (χ0n) is 14.1. The van der Waals surface area contributed by atoms with Crippen LogP contribution in [0.5, 0.6) is 11.5 Å². The van der Waals surface area contributed by atoms with Crippen LogP contribution >= 0.6 is 0 Å². The number of hydroxylamine groups is 1. The van der Waals surface area contributed by atoms with Crippen molar-refractivity contribution in [2.24, 2.45) is 5.16 Å². The summed E-state index contributed by atoms with van der Waals surface area (Å²) in [5.74, 6) is -0.353. The molecule has 0 heterocycles. The number of ether oxygens (including phenoxy) is 1. The van der Waals surface area contributed by atoms with E-state index < -0.39 is 12.1 Å². The molecule has 0 aliphatic rings. The van der Waals surface area contributed by atoms with E-state index in [0.717, 1.165) is 12.1 Å². The maximum Gasteiger partial charge on any atom is 0.573 e. The number of hydrogen-bond donors (Lipinski definition) is 1. The third kappa shape index (κ3) is 5.67. The molecule has 0 bridgehead atoms. The third-order valence-corrected chi connectivity index (χ3v) is 3.13. The Labute approximate surface area is 153 Å². The van der Waals surface area contributed by atoms with Gasteiger partial charge >= 0.3 is 6.36 Å². The van der Waals surface area contributed by atoms with Crippen molar-refractivity contribution in [3.63, 3.8) is 0 Å². The zero-order valence-corrected chi connectivity index (χ0v) is 14.1. The van der Waals surface area contributed by atoms with Crippen LogP contribution in [0.25, 0.3) is 5.70 Å². The molecule has 0 fully saturated rings. The second-order valence-electron chi connectivity index (χ2n) is 4.99. The minimum atomic E-state index is -4.80. The van der Waals surface area contributed by atoms with Gasteiger partial charge in [-0.1, -0.05) is 42.1 Å². The Morgan fingerprint density at radius 2 is 1.78 bits per heavy atom. The van der Waals surface area contributed by atoms with Gasteiger partial charge in [0.15, 0.2) is 11.5 Å². The van der Waals surface area contributed by atoms with Crippen molar-refractivity contribution in [2.45, 2.75) is 6.36 Å². The van der Waals surface area contributed by atoms with E-state index in [1.807, 2.05) is 6.07 Å². The number of rotatable bonds is 7. The summed E-state index contributed by atoms with van der Waals surface area (Å²) in [6.07, 6.45) is -4.80. The number of alkyl halides is 3. The maximum atomic E-state index is 12.3. The fraction of sp³-hybridized carbons (Fsp3) is 0.111. The summed E-state index contributed by atoms with van der Waals surface area (Å²) in [4.78, 5) is 9.90. The number of nitrogens with zero attached hydrogens (tertiary/aromatic N) is 2. The van der Waals surface area contributed by atoms with Crippen LogP contribution in [0.4, 0.5) is 13.2 Å². The predicted molar refractivity (Wildman–Crippen MR) is 91.5 cm³/mol. The number of hydrogen-bond acceptors (Lipinski definition) is 6. The van der Waals surface area contributed by atoms with Crippen LogP contribution in [0.3, 0.4) is 0 Å². The number of nitrogens with one attached hydrogen (secondary N) is 1. The summed E-state index contributed by atoms with van der Waals surface area (Å²) in [6, 6.07) is 13.6. The molecule has 0 spiro atoms. The van der Waals surface area contributed by atoms with Crippen LogP contribution in [0.1, 0.15) is 11.1 Å². The van der Waals surface area contributed by atoms with Gasteiger partial charge in [0, 0.05) is 17.2 Å². The summed E-state index contributed by atoms with van der Waals surface area (Å²) in [5, 5.41) is 12.8. The van der Waals surface area contributed by atoms with Crippen molar-refractivity contribution in [3.8, 4) is 17.6 Å². The van der Waals surface area contributed by atoms with E-state index in [0.29, 0.717) is 11.1 Å². The molecule has 6 nitrogen and oxygen atoms in total. The Hall–Kier alpha value is -3.67. The summed E-state index contributed by atoms with van der Waals surface area (Å²) < 4.78 is 40.7. The van der Waals surface area contributed by atoms with E-state index >= 15 is 0 Å². The van der Waals surface area contributed by atoms with Gasteiger partial charge in [-0.05, 0) is 12.1 Å². The molecule has 0 atom stereocenters. The normalized spacial score (nSPS) is 11.3. The summed E-state index contributed by atoms with van der Waals surface area (Å²) in [6.45, 7) is 3.81. The molecule has 0 radical (unpaired) electrons. The van der Waals surface area contributed by atoms with Crippen molar-refractivity contribution in [3.05, 3.63) is 66.2 Å². The van der Waals surface area contributed by atoms with Crippen LogP contribution in [0.2, 0.25) is 0 Å². The molecule has 9 heteroatoms. The maximum absolute atomic E-state index is 12.3. The van der Waals surface area contributed by atoms with E-state index in [9.17, 15) is 18.4 Å². The average Bonchev–Trinajstić information content (AvgIpc) is 2.63. The lowest BCUT2D eigenvalue weighted by atomic mass is 10.0. The summed E-state index contributed by atoms with van der Waals surface area (Å²) >= 11 is 0.